The zero-order valence-electron chi connectivity index (χ0n) is 23.0. The van der Waals surface area contributed by atoms with Crippen molar-refractivity contribution in [2.75, 3.05) is 17.7 Å². The van der Waals surface area contributed by atoms with E-state index in [2.05, 4.69) is 16.0 Å². The number of anilines is 2. The van der Waals surface area contributed by atoms with Crippen LogP contribution in [0.5, 0.6) is 5.75 Å². The number of thioether (sulfide) groups is 1. The monoisotopic (exact) mass is 565 g/mol. The number of ether oxygens (including phenoxy) is 1. The van der Waals surface area contributed by atoms with Gasteiger partial charge in [0.1, 0.15) is 11.4 Å². The first-order valence-electron chi connectivity index (χ1n) is 13.0. The summed E-state index contributed by atoms with van der Waals surface area (Å²) in [6.07, 6.45) is 1.64. The maximum Gasteiger partial charge on any atom is 0.272 e. The zero-order chi connectivity index (χ0) is 29.2. The largest absolute Gasteiger partial charge is 0.497 e. The third kappa shape index (κ3) is 8.58. The first-order valence-corrected chi connectivity index (χ1v) is 13.9. The van der Waals surface area contributed by atoms with E-state index in [1.165, 1.54) is 11.8 Å². The van der Waals surface area contributed by atoms with Gasteiger partial charge in [0.25, 0.3) is 11.8 Å². The van der Waals surface area contributed by atoms with E-state index in [-0.39, 0.29) is 17.5 Å². The average Bonchev–Trinajstić information content (AvgIpc) is 2.98. The molecule has 208 valence electrons. The number of rotatable bonds is 10. The van der Waals surface area contributed by atoms with Crippen molar-refractivity contribution >= 4 is 46.9 Å². The summed E-state index contributed by atoms with van der Waals surface area (Å²) in [5.41, 5.74) is 3.58. The van der Waals surface area contributed by atoms with Crippen molar-refractivity contribution in [3.05, 3.63) is 126 Å². The Kier molecular flexibility index (Phi) is 9.96. The van der Waals surface area contributed by atoms with E-state index in [1.807, 2.05) is 62.4 Å². The molecule has 8 heteroatoms. The first-order chi connectivity index (χ1) is 19.8. The molecule has 3 N–H and O–H groups in total. The second-order valence-electron chi connectivity index (χ2n) is 9.25. The van der Waals surface area contributed by atoms with Gasteiger partial charge in [-0.3, -0.25) is 14.4 Å². The molecular formula is C33H31N3O4S. The molecular weight excluding hydrogens is 534 g/mol. The Balaban J connectivity index is 1.47. The number of aryl methyl sites for hydroxylation is 1. The van der Waals surface area contributed by atoms with Crippen LogP contribution in [0.1, 0.15) is 28.4 Å². The lowest BCUT2D eigenvalue weighted by Gasteiger charge is -2.14. The smallest absolute Gasteiger partial charge is 0.272 e. The molecule has 0 spiro atoms. The number of carbonyl (C=O) groups is 3. The number of benzene rings is 4. The van der Waals surface area contributed by atoms with Crippen LogP contribution >= 0.6 is 11.8 Å². The zero-order valence-corrected chi connectivity index (χ0v) is 23.8. The van der Waals surface area contributed by atoms with Crippen LogP contribution in [0.25, 0.3) is 6.08 Å². The molecule has 0 aliphatic carbocycles. The number of nitrogens with one attached hydrogen (secondary N) is 3. The summed E-state index contributed by atoms with van der Waals surface area (Å²) in [6, 6.07) is 30.7. The van der Waals surface area contributed by atoms with Crippen LogP contribution < -0.4 is 20.7 Å². The molecule has 0 aliphatic heterocycles. The molecule has 0 saturated heterocycles. The predicted octanol–water partition coefficient (Wildman–Crippen LogP) is 6.53. The minimum absolute atomic E-state index is 0.104. The highest BCUT2D eigenvalue weighted by Gasteiger charge is 2.17. The van der Waals surface area contributed by atoms with E-state index in [0.717, 1.165) is 16.0 Å². The molecule has 4 aromatic rings. The minimum atomic E-state index is -0.471. The number of hydrogen-bond acceptors (Lipinski definition) is 5. The van der Waals surface area contributed by atoms with Crippen LogP contribution in [0, 0.1) is 6.92 Å². The van der Waals surface area contributed by atoms with Crippen LogP contribution in [0.3, 0.4) is 0 Å². The van der Waals surface area contributed by atoms with E-state index >= 15 is 0 Å². The van der Waals surface area contributed by atoms with Crippen molar-refractivity contribution in [3.63, 3.8) is 0 Å². The molecule has 7 nitrogen and oxygen atoms in total. The van der Waals surface area contributed by atoms with Gasteiger partial charge in [-0.05, 0) is 68.0 Å². The summed E-state index contributed by atoms with van der Waals surface area (Å²) in [6.45, 7) is 3.79. The standard InChI is InChI=1S/C33H31N3O4S/c1-22-15-17-24(18-16-22)19-30(36-32(38)25-9-5-4-6-10-25)33(39)35-27-12-8-14-29(21-27)41-23(2)31(37)34-26-11-7-13-28(20-26)40-3/h4-21,23H,1-3H3,(H,34,37)(H,35,39)(H,36,38)/b30-19-. The van der Waals surface area contributed by atoms with E-state index in [4.69, 9.17) is 4.74 Å². The Bertz CT molecular complexity index is 1550. The Labute approximate surface area is 244 Å². The average molecular weight is 566 g/mol. The van der Waals surface area contributed by atoms with E-state index in [0.29, 0.717) is 22.7 Å². The van der Waals surface area contributed by atoms with Gasteiger partial charge in [0, 0.05) is 27.9 Å². The third-order valence-corrected chi connectivity index (χ3v) is 7.12. The first kappa shape index (κ1) is 29.2. The highest BCUT2D eigenvalue weighted by atomic mass is 32.2. The fraction of sp³-hybridized carbons (Fsp3) is 0.121. The molecule has 0 aliphatic rings. The number of carbonyl (C=O) groups excluding carboxylic acids is 3. The minimum Gasteiger partial charge on any atom is -0.497 e. The van der Waals surface area contributed by atoms with E-state index < -0.39 is 11.2 Å². The third-order valence-electron chi connectivity index (χ3n) is 6.03. The van der Waals surface area contributed by atoms with Crippen molar-refractivity contribution in [1.82, 2.24) is 5.32 Å². The van der Waals surface area contributed by atoms with Gasteiger partial charge in [0.05, 0.1) is 12.4 Å². The molecule has 1 atom stereocenters. The van der Waals surface area contributed by atoms with Gasteiger partial charge in [0.15, 0.2) is 0 Å². The highest BCUT2D eigenvalue weighted by molar-refractivity contribution is 8.00. The summed E-state index contributed by atoms with van der Waals surface area (Å²) in [4.78, 5) is 39.8. The normalized spacial score (nSPS) is 11.7. The molecule has 4 aromatic carbocycles. The Morgan fingerprint density at radius 2 is 1.49 bits per heavy atom. The molecule has 41 heavy (non-hydrogen) atoms. The van der Waals surface area contributed by atoms with Crippen molar-refractivity contribution in [2.45, 2.75) is 24.0 Å². The molecule has 1 unspecified atom stereocenters. The molecule has 0 fully saturated rings. The number of methoxy groups -OCH3 is 1. The summed E-state index contributed by atoms with van der Waals surface area (Å²) < 4.78 is 5.22. The molecule has 4 rings (SSSR count). The molecule has 0 heterocycles. The molecule has 0 radical (unpaired) electrons. The summed E-state index contributed by atoms with van der Waals surface area (Å²) in [5.74, 6) is -0.368. The van der Waals surface area contributed by atoms with Crippen LogP contribution in [0.2, 0.25) is 0 Å². The fourth-order valence-electron chi connectivity index (χ4n) is 3.82. The van der Waals surface area contributed by atoms with Crippen LogP contribution in [0.15, 0.2) is 114 Å². The maximum atomic E-state index is 13.4. The van der Waals surface area contributed by atoms with E-state index in [9.17, 15) is 14.4 Å². The van der Waals surface area contributed by atoms with Crippen molar-refractivity contribution in [2.24, 2.45) is 0 Å². The van der Waals surface area contributed by atoms with Gasteiger partial charge in [-0.2, -0.15) is 0 Å². The van der Waals surface area contributed by atoms with Gasteiger partial charge in [-0.25, -0.2) is 0 Å². The second-order valence-corrected chi connectivity index (χ2v) is 10.7. The Morgan fingerprint density at radius 1 is 0.805 bits per heavy atom. The number of amides is 3. The molecule has 0 saturated carbocycles. The fourth-order valence-corrected chi connectivity index (χ4v) is 4.75. The summed E-state index contributed by atoms with van der Waals surface area (Å²) >= 11 is 1.36. The highest BCUT2D eigenvalue weighted by Crippen LogP contribution is 2.27. The Hall–Kier alpha value is -4.82. The van der Waals surface area contributed by atoms with Gasteiger partial charge in [-0.15, -0.1) is 11.8 Å². The molecule has 0 bridgehead atoms. The van der Waals surface area contributed by atoms with Gasteiger partial charge in [0.2, 0.25) is 5.91 Å². The lowest BCUT2D eigenvalue weighted by molar-refractivity contribution is -0.115. The SMILES string of the molecule is COc1cccc(NC(=O)C(C)Sc2cccc(NC(=O)/C(=C/c3ccc(C)cc3)NC(=O)c3ccccc3)c2)c1. The quantitative estimate of drug-likeness (QED) is 0.150. The lowest BCUT2D eigenvalue weighted by Crippen LogP contribution is -2.30. The maximum absolute atomic E-state index is 13.4. The van der Waals surface area contributed by atoms with Gasteiger partial charge in [-0.1, -0.05) is 60.2 Å². The second kappa shape index (κ2) is 14.0. The van der Waals surface area contributed by atoms with Crippen LogP contribution in [0.4, 0.5) is 11.4 Å². The lowest BCUT2D eigenvalue weighted by atomic mass is 10.1. The van der Waals surface area contributed by atoms with Crippen LogP contribution in [-0.4, -0.2) is 30.1 Å². The Morgan fingerprint density at radius 3 is 2.20 bits per heavy atom. The predicted molar refractivity (Wildman–Crippen MR) is 165 cm³/mol. The topological polar surface area (TPSA) is 96.5 Å². The van der Waals surface area contributed by atoms with E-state index in [1.54, 1.807) is 67.8 Å². The van der Waals surface area contributed by atoms with Crippen molar-refractivity contribution in [1.29, 1.82) is 0 Å². The molecule has 3 amide bonds. The summed E-state index contributed by atoms with van der Waals surface area (Å²) in [5, 5.41) is 8.12. The van der Waals surface area contributed by atoms with Crippen molar-refractivity contribution in [3.8, 4) is 5.75 Å². The van der Waals surface area contributed by atoms with Crippen LogP contribution in [-0.2, 0) is 9.59 Å². The van der Waals surface area contributed by atoms with Gasteiger partial charge >= 0.3 is 0 Å². The molecule has 0 aromatic heterocycles. The summed E-state index contributed by atoms with van der Waals surface area (Å²) in [7, 11) is 1.57. The number of hydrogen-bond donors (Lipinski definition) is 3. The van der Waals surface area contributed by atoms with Crippen molar-refractivity contribution < 1.29 is 19.1 Å². The van der Waals surface area contributed by atoms with Gasteiger partial charge < -0.3 is 20.7 Å².